The number of aromatic nitrogens is 1. The Morgan fingerprint density at radius 2 is 2.20 bits per heavy atom. The van der Waals surface area contributed by atoms with Crippen molar-refractivity contribution in [1.82, 2.24) is 9.88 Å². The zero-order chi connectivity index (χ0) is 17.6. The number of piperidine rings is 1. The maximum atomic E-state index is 12.2. The molecule has 3 heterocycles. The van der Waals surface area contributed by atoms with Crippen molar-refractivity contribution < 1.29 is 14.3 Å². The molecule has 0 radical (unpaired) electrons. The maximum absolute atomic E-state index is 12.2. The third kappa shape index (κ3) is 5.16. The number of rotatable bonds is 6. The Hall–Kier alpha value is -1.66. The van der Waals surface area contributed by atoms with Gasteiger partial charge >= 0.3 is 5.97 Å². The van der Waals surface area contributed by atoms with E-state index in [-0.39, 0.29) is 12.1 Å². The van der Waals surface area contributed by atoms with E-state index >= 15 is 0 Å². The molecule has 6 nitrogen and oxygen atoms in total. The summed E-state index contributed by atoms with van der Waals surface area (Å²) in [7, 11) is 0. The number of pyridine rings is 1. The van der Waals surface area contributed by atoms with Crippen LogP contribution in [0.5, 0.6) is 0 Å². The summed E-state index contributed by atoms with van der Waals surface area (Å²) in [6, 6.07) is 3.89. The van der Waals surface area contributed by atoms with E-state index in [0.717, 1.165) is 45.7 Å². The van der Waals surface area contributed by atoms with Gasteiger partial charge in [0.1, 0.15) is 11.4 Å². The van der Waals surface area contributed by atoms with Gasteiger partial charge in [-0.2, -0.15) is 0 Å². The van der Waals surface area contributed by atoms with Gasteiger partial charge in [0.25, 0.3) is 0 Å². The van der Waals surface area contributed by atoms with Crippen LogP contribution in [0.1, 0.15) is 43.5 Å². The first kappa shape index (κ1) is 18.1. The van der Waals surface area contributed by atoms with Crippen molar-refractivity contribution >= 4 is 11.8 Å². The molecule has 0 aromatic carbocycles. The molecule has 1 aromatic heterocycles. The van der Waals surface area contributed by atoms with Crippen LogP contribution in [-0.2, 0) is 9.47 Å². The molecule has 1 unspecified atom stereocenters. The molecule has 0 spiro atoms. The average Bonchev–Trinajstić information content (AvgIpc) is 3.09. The number of hydrogen-bond donors (Lipinski definition) is 1. The van der Waals surface area contributed by atoms with Crippen molar-refractivity contribution in [2.45, 2.75) is 45.3 Å². The lowest BCUT2D eigenvalue weighted by Gasteiger charge is -2.34. The minimum atomic E-state index is -0.315. The predicted octanol–water partition coefficient (Wildman–Crippen LogP) is 2.56. The molecule has 3 rings (SSSR count). The normalized spacial score (nSPS) is 22.3. The van der Waals surface area contributed by atoms with Crippen LogP contribution in [0.4, 0.5) is 5.82 Å². The molecule has 2 aliphatic heterocycles. The van der Waals surface area contributed by atoms with Gasteiger partial charge in [-0.25, -0.2) is 9.78 Å². The van der Waals surface area contributed by atoms with Crippen molar-refractivity contribution in [1.29, 1.82) is 0 Å². The van der Waals surface area contributed by atoms with Crippen LogP contribution in [0.25, 0.3) is 0 Å². The summed E-state index contributed by atoms with van der Waals surface area (Å²) in [5.41, 5.74) is 0.515. The summed E-state index contributed by atoms with van der Waals surface area (Å²) < 4.78 is 10.8. The largest absolute Gasteiger partial charge is 0.459 e. The van der Waals surface area contributed by atoms with E-state index in [1.807, 2.05) is 13.8 Å². The second-order valence-corrected chi connectivity index (χ2v) is 7.30. The standard InChI is InChI=1S/C19H29N3O3/c1-14(2)25-19(23)17-4-3-8-20-18(17)21-16-5-9-22(10-6-16)12-15-7-11-24-13-15/h3-4,8,14-16H,5-7,9-13H2,1-2H3,(H,20,21). The smallest absolute Gasteiger partial charge is 0.342 e. The summed E-state index contributed by atoms with van der Waals surface area (Å²) in [5, 5.41) is 3.45. The zero-order valence-electron chi connectivity index (χ0n) is 15.2. The fourth-order valence-corrected chi connectivity index (χ4v) is 3.51. The summed E-state index contributed by atoms with van der Waals surface area (Å²) in [6.07, 6.45) is 4.88. The number of anilines is 1. The Morgan fingerprint density at radius 3 is 2.88 bits per heavy atom. The number of likely N-dealkylation sites (tertiary alicyclic amines) is 1. The third-order valence-electron chi connectivity index (χ3n) is 4.84. The van der Waals surface area contributed by atoms with Gasteiger partial charge in [-0.1, -0.05) is 0 Å². The van der Waals surface area contributed by atoms with Crippen LogP contribution in [0.15, 0.2) is 18.3 Å². The molecule has 0 bridgehead atoms. The van der Waals surface area contributed by atoms with Gasteiger partial charge in [-0.15, -0.1) is 0 Å². The van der Waals surface area contributed by atoms with Crippen molar-refractivity contribution in [2.24, 2.45) is 5.92 Å². The molecule has 1 aromatic rings. The number of nitrogens with one attached hydrogen (secondary N) is 1. The maximum Gasteiger partial charge on any atom is 0.342 e. The van der Waals surface area contributed by atoms with Gasteiger partial charge in [0, 0.05) is 38.5 Å². The highest BCUT2D eigenvalue weighted by molar-refractivity contribution is 5.94. The highest BCUT2D eigenvalue weighted by Gasteiger charge is 2.25. The Kier molecular flexibility index (Phi) is 6.26. The Labute approximate surface area is 149 Å². The lowest BCUT2D eigenvalue weighted by molar-refractivity contribution is 0.0378. The lowest BCUT2D eigenvalue weighted by Crippen LogP contribution is -2.41. The molecule has 1 N–H and O–H groups in total. The Balaban J connectivity index is 1.52. The molecule has 0 saturated carbocycles. The van der Waals surface area contributed by atoms with Crippen LogP contribution in [-0.4, -0.2) is 60.8 Å². The summed E-state index contributed by atoms with van der Waals surface area (Å²) >= 11 is 0. The number of carbonyl (C=O) groups is 1. The molecule has 2 saturated heterocycles. The van der Waals surface area contributed by atoms with Gasteiger partial charge < -0.3 is 19.7 Å². The minimum Gasteiger partial charge on any atom is -0.459 e. The molecule has 6 heteroatoms. The molecule has 25 heavy (non-hydrogen) atoms. The van der Waals surface area contributed by atoms with E-state index in [0.29, 0.717) is 23.3 Å². The molecular formula is C19H29N3O3. The monoisotopic (exact) mass is 347 g/mol. The number of hydrogen-bond acceptors (Lipinski definition) is 6. The van der Waals surface area contributed by atoms with E-state index in [9.17, 15) is 4.79 Å². The molecule has 138 valence electrons. The molecule has 2 fully saturated rings. The molecule has 2 aliphatic rings. The fraction of sp³-hybridized carbons (Fsp3) is 0.684. The highest BCUT2D eigenvalue weighted by Crippen LogP contribution is 2.21. The zero-order valence-corrected chi connectivity index (χ0v) is 15.2. The summed E-state index contributed by atoms with van der Waals surface area (Å²) in [5.74, 6) is 1.01. The van der Waals surface area contributed by atoms with Crippen molar-refractivity contribution in [3.63, 3.8) is 0 Å². The number of ether oxygens (including phenoxy) is 2. The number of esters is 1. The predicted molar refractivity (Wildman–Crippen MR) is 96.8 cm³/mol. The van der Waals surface area contributed by atoms with Crippen LogP contribution in [0, 0.1) is 5.92 Å². The van der Waals surface area contributed by atoms with E-state index in [1.165, 1.54) is 6.42 Å². The first-order valence-corrected chi connectivity index (χ1v) is 9.34. The van der Waals surface area contributed by atoms with Crippen molar-refractivity contribution in [2.75, 3.05) is 38.2 Å². The number of nitrogens with zero attached hydrogens (tertiary/aromatic N) is 2. The van der Waals surface area contributed by atoms with Gasteiger partial charge in [0.05, 0.1) is 12.7 Å². The van der Waals surface area contributed by atoms with E-state index in [4.69, 9.17) is 9.47 Å². The van der Waals surface area contributed by atoms with E-state index in [2.05, 4.69) is 15.2 Å². The SMILES string of the molecule is CC(C)OC(=O)c1cccnc1NC1CCN(CC2CCOC2)CC1. The van der Waals surface area contributed by atoms with Crippen LogP contribution in [0.2, 0.25) is 0 Å². The molecule has 0 amide bonds. The molecule has 0 aliphatic carbocycles. The minimum absolute atomic E-state index is 0.136. The second-order valence-electron chi connectivity index (χ2n) is 7.30. The lowest BCUT2D eigenvalue weighted by atomic mass is 10.0. The molecular weight excluding hydrogens is 318 g/mol. The van der Waals surface area contributed by atoms with Gasteiger partial charge in [0.15, 0.2) is 0 Å². The van der Waals surface area contributed by atoms with E-state index < -0.39 is 0 Å². The Morgan fingerprint density at radius 1 is 1.40 bits per heavy atom. The quantitative estimate of drug-likeness (QED) is 0.798. The van der Waals surface area contributed by atoms with Crippen LogP contribution in [0.3, 0.4) is 0 Å². The van der Waals surface area contributed by atoms with Crippen LogP contribution >= 0.6 is 0 Å². The first-order chi connectivity index (χ1) is 12.1. The van der Waals surface area contributed by atoms with Gasteiger partial charge in [0.2, 0.25) is 0 Å². The third-order valence-corrected chi connectivity index (χ3v) is 4.84. The van der Waals surface area contributed by atoms with E-state index in [1.54, 1.807) is 18.3 Å². The van der Waals surface area contributed by atoms with Crippen LogP contribution < -0.4 is 5.32 Å². The average molecular weight is 347 g/mol. The molecule has 1 atom stereocenters. The van der Waals surface area contributed by atoms with Gasteiger partial charge in [-0.05, 0) is 51.2 Å². The highest BCUT2D eigenvalue weighted by atomic mass is 16.5. The topological polar surface area (TPSA) is 63.7 Å². The number of carbonyl (C=O) groups excluding carboxylic acids is 1. The fourth-order valence-electron chi connectivity index (χ4n) is 3.51. The van der Waals surface area contributed by atoms with Crippen molar-refractivity contribution in [3.05, 3.63) is 23.9 Å². The summed E-state index contributed by atoms with van der Waals surface area (Å²) in [4.78, 5) is 19.1. The Bertz CT molecular complexity index is 565. The summed E-state index contributed by atoms with van der Waals surface area (Å²) in [6.45, 7) is 8.83. The van der Waals surface area contributed by atoms with Gasteiger partial charge in [-0.3, -0.25) is 0 Å². The second kappa shape index (κ2) is 8.63. The van der Waals surface area contributed by atoms with Crippen molar-refractivity contribution in [3.8, 4) is 0 Å². The first-order valence-electron chi connectivity index (χ1n) is 9.34.